The third kappa shape index (κ3) is 2.11. The van der Waals surface area contributed by atoms with Crippen LogP contribution in [0.15, 0.2) is 83.3 Å². The molecule has 0 radical (unpaired) electrons. The molecule has 0 amide bonds. The zero-order valence-electron chi connectivity index (χ0n) is 13.8. The Kier molecular flexibility index (Phi) is 3.09. The van der Waals surface area contributed by atoms with Gasteiger partial charge in [0.05, 0.1) is 0 Å². The average Bonchev–Trinajstić information content (AvgIpc) is 2.66. The van der Waals surface area contributed by atoms with E-state index in [4.69, 9.17) is 4.42 Å². The molecular formula is C23H15O3+. The molecule has 1 heterocycles. The lowest BCUT2D eigenvalue weighted by molar-refractivity contribution is 0.474. The lowest BCUT2D eigenvalue weighted by atomic mass is 9.95. The van der Waals surface area contributed by atoms with E-state index in [1.54, 1.807) is 18.2 Å². The van der Waals surface area contributed by atoms with Gasteiger partial charge in [-0.25, -0.2) is 0 Å². The Hall–Kier alpha value is -3.59. The van der Waals surface area contributed by atoms with Crippen molar-refractivity contribution in [2.24, 2.45) is 0 Å². The number of phenols is 1. The molecule has 3 heteroatoms. The van der Waals surface area contributed by atoms with E-state index in [1.165, 1.54) is 0 Å². The van der Waals surface area contributed by atoms with E-state index >= 15 is 0 Å². The van der Waals surface area contributed by atoms with Crippen molar-refractivity contribution in [3.05, 3.63) is 84.3 Å². The Labute approximate surface area is 148 Å². The second kappa shape index (κ2) is 5.46. The van der Waals surface area contributed by atoms with Crippen LogP contribution in [0.2, 0.25) is 0 Å². The summed E-state index contributed by atoms with van der Waals surface area (Å²) in [5.41, 5.74) is 3.44. The quantitative estimate of drug-likeness (QED) is 0.262. The molecule has 0 saturated carbocycles. The number of hydrogen-bond acceptors (Lipinski definition) is 2. The highest BCUT2D eigenvalue weighted by Gasteiger charge is 2.17. The molecule has 0 unspecified atom stereocenters. The molecule has 0 aliphatic rings. The minimum Gasteiger partial charge on any atom is -0.508 e. The van der Waals surface area contributed by atoms with Crippen LogP contribution < -0.4 is 5.43 Å². The van der Waals surface area contributed by atoms with Gasteiger partial charge in [-0.05, 0) is 29.1 Å². The molecule has 0 saturated heterocycles. The molecule has 3 nitrogen and oxygen atoms in total. The minimum atomic E-state index is 0.143. The fraction of sp³-hybridized carbons (Fsp3) is 0. The van der Waals surface area contributed by atoms with Gasteiger partial charge in [0.1, 0.15) is 16.7 Å². The molecular weight excluding hydrogens is 324 g/mol. The first kappa shape index (κ1) is 14.7. The topological polar surface area (TPSA) is 54.8 Å². The van der Waals surface area contributed by atoms with E-state index < -0.39 is 0 Å². The Bertz CT molecular complexity index is 1350. The maximum atomic E-state index is 10.4. The summed E-state index contributed by atoms with van der Waals surface area (Å²) in [6.45, 7) is 0. The van der Waals surface area contributed by atoms with E-state index in [2.05, 4.69) is 12.1 Å². The Morgan fingerprint density at radius 3 is 2.42 bits per heavy atom. The smallest absolute Gasteiger partial charge is 0.351 e. The third-order valence-corrected chi connectivity index (χ3v) is 4.75. The largest absolute Gasteiger partial charge is 0.508 e. The lowest BCUT2D eigenvalue weighted by Gasteiger charge is -2.12. The van der Waals surface area contributed by atoms with E-state index in [9.17, 15) is 9.90 Å². The van der Waals surface area contributed by atoms with Crippen molar-refractivity contribution in [3.63, 3.8) is 0 Å². The zero-order valence-corrected chi connectivity index (χ0v) is 13.8. The predicted octanol–water partition coefficient (Wildman–Crippen LogP) is 5.12. The summed E-state index contributed by atoms with van der Waals surface area (Å²) in [5, 5.41) is 13.3. The second-order valence-corrected chi connectivity index (χ2v) is 6.34. The zero-order chi connectivity index (χ0) is 17.7. The molecule has 1 aromatic heterocycles. The molecule has 0 spiro atoms. The van der Waals surface area contributed by atoms with Gasteiger partial charge in [-0.1, -0.05) is 48.5 Å². The van der Waals surface area contributed by atoms with Gasteiger partial charge in [-0.2, -0.15) is 0 Å². The number of phenolic OH excluding ortho intramolecular Hbond substituents is 1. The summed E-state index contributed by atoms with van der Waals surface area (Å²) in [6.07, 6.45) is 0. The van der Waals surface area contributed by atoms with Crippen molar-refractivity contribution in [1.82, 2.24) is 0 Å². The van der Waals surface area contributed by atoms with Crippen LogP contribution in [-0.2, 0) is 0 Å². The van der Waals surface area contributed by atoms with Crippen molar-refractivity contribution in [2.45, 2.75) is 0 Å². The lowest BCUT2D eigenvalue weighted by Crippen LogP contribution is -2.01. The highest BCUT2D eigenvalue weighted by Crippen LogP contribution is 2.39. The van der Waals surface area contributed by atoms with Crippen molar-refractivity contribution in [1.29, 1.82) is 0 Å². The van der Waals surface area contributed by atoms with Crippen molar-refractivity contribution < 1.29 is 14.3 Å². The van der Waals surface area contributed by atoms with Gasteiger partial charge in [0.15, 0.2) is 5.58 Å². The van der Waals surface area contributed by atoms with Crippen LogP contribution in [0.25, 0.3) is 43.8 Å². The summed E-state index contributed by atoms with van der Waals surface area (Å²) in [6, 6.07) is 24.6. The molecule has 0 fully saturated rings. The number of aromatic hydroxyl groups is 1. The first-order valence-electron chi connectivity index (χ1n) is 8.41. The first-order valence-corrected chi connectivity index (χ1v) is 8.41. The van der Waals surface area contributed by atoms with Gasteiger partial charge in [0.25, 0.3) is 0 Å². The number of benzene rings is 4. The maximum Gasteiger partial charge on any atom is 0.351 e. The fourth-order valence-corrected chi connectivity index (χ4v) is 3.60. The highest BCUT2D eigenvalue weighted by atomic mass is 16.3. The van der Waals surface area contributed by atoms with Gasteiger partial charge in [0.2, 0.25) is 0 Å². The van der Waals surface area contributed by atoms with E-state index in [-0.39, 0.29) is 11.2 Å². The Morgan fingerprint density at radius 2 is 1.58 bits per heavy atom. The number of hydrogen-bond donors (Lipinski definition) is 1. The van der Waals surface area contributed by atoms with Crippen LogP contribution in [-0.4, -0.2) is 9.90 Å². The predicted molar refractivity (Wildman–Crippen MR) is 103 cm³/mol. The Balaban J connectivity index is 2.09. The second-order valence-electron chi connectivity index (χ2n) is 6.34. The fourth-order valence-electron chi connectivity index (χ4n) is 3.60. The molecule has 5 rings (SSSR count). The molecule has 0 aliphatic carbocycles. The van der Waals surface area contributed by atoms with Crippen LogP contribution in [0.4, 0.5) is 0 Å². The Morgan fingerprint density at radius 1 is 0.769 bits per heavy atom. The van der Waals surface area contributed by atoms with Crippen LogP contribution in [0.1, 0.15) is 0 Å². The number of fused-ring (bicyclic) bond motifs is 4. The average molecular weight is 339 g/mol. The summed E-state index contributed by atoms with van der Waals surface area (Å²) in [4.78, 5) is 10.4. The molecule has 0 aliphatic heterocycles. The van der Waals surface area contributed by atoms with Crippen LogP contribution in [0.3, 0.4) is 0 Å². The van der Waals surface area contributed by atoms with Crippen LogP contribution >= 0.6 is 0 Å². The van der Waals surface area contributed by atoms with Gasteiger partial charge in [0, 0.05) is 28.5 Å². The molecule has 5 aromatic rings. The van der Waals surface area contributed by atoms with Crippen molar-refractivity contribution >= 4 is 32.7 Å². The van der Waals surface area contributed by atoms with Gasteiger partial charge < -0.3 is 9.52 Å². The monoisotopic (exact) mass is 339 g/mol. The summed E-state index contributed by atoms with van der Waals surface area (Å²) in [7, 11) is 0. The molecule has 4 aromatic carbocycles. The molecule has 2 N–H and O–H groups in total. The van der Waals surface area contributed by atoms with Crippen LogP contribution in [0, 0.1) is 0 Å². The van der Waals surface area contributed by atoms with Crippen LogP contribution in [0.5, 0.6) is 5.75 Å². The first-order chi connectivity index (χ1) is 12.7. The van der Waals surface area contributed by atoms with E-state index in [0.717, 1.165) is 27.3 Å². The van der Waals surface area contributed by atoms with Crippen molar-refractivity contribution in [2.75, 3.05) is 0 Å². The molecule has 124 valence electrons. The highest BCUT2D eigenvalue weighted by molar-refractivity contribution is 6.15. The van der Waals surface area contributed by atoms with Gasteiger partial charge in [-0.15, -0.1) is 0 Å². The standard InChI is InChI=1S/C23H14O3/c24-16-10-12-17-20(13-16)26-23-18(21(17)14-5-2-1-3-6-14)11-9-15-7-4-8-19(25)22(15)23/h1-13,24H/p+1. The van der Waals surface area contributed by atoms with E-state index in [1.807, 2.05) is 48.5 Å². The molecule has 0 atom stereocenters. The minimum absolute atomic E-state index is 0.143. The van der Waals surface area contributed by atoms with Gasteiger partial charge in [-0.3, -0.25) is 4.79 Å². The summed E-state index contributed by atoms with van der Waals surface area (Å²) in [5.74, 6) is 0.143. The van der Waals surface area contributed by atoms with E-state index in [0.29, 0.717) is 16.6 Å². The van der Waals surface area contributed by atoms with Crippen molar-refractivity contribution in [3.8, 4) is 16.9 Å². The molecule has 0 bridgehead atoms. The maximum absolute atomic E-state index is 10.4. The third-order valence-electron chi connectivity index (χ3n) is 4.75. The SMILES string of the molecule is Oc1ccc2c(-c3ccccc3)c3ccc4cccc(=[OH+])c4c3oc2c1. The number of rotatable bonds is 1. The normalized spacial score (nSPS) is 11.4. The van der Waals surface area contributed by atoms with Gasteiger partial charge >= 0.3 is 5.43 Å². The summed E-state index contributed by atoms with van der Waals surface area (Å²) < 4.78 is 6.16. The molecule has 26 heavy (non-hydrogen) atoms. The summed E-state index contributed by atoms with van der Waals surface area (Å²) >= 11 is 0.